The predicted molar refractivity (Wildman–Crippen MR) is 191 cm³/mol. The van der Waals surface area contributed by atoms with E-state index in [1.54, 1.807) is 37.0 Å². The van der Waals surface area contributed by atoms with Crippen LogP contribution in [0.3, 0.4) is 0 Å². The van der Waals surface area contributed by atoms with E-state index in [9.17, 15) is 30.0 Å². The zero-order valence-electron chi connectivity index (χ0n) is 31.3. The lowest BCUT2D eigenvalue weighted by Gasteiger charge is -2.33. The fourth-order valence-corrected chi connectivity index (χ4v) is 7.73. The van der Waals surface area contributed by atoms with Gasteiger partial charge in [-0.05, 0) is 77.4 Å². The van der Waals surface area contributed by atoms with Crippen LogP contribution in [0.15, 0.2) is 35.6 Å². The summed E-state index contributed by atoms with van der Waals surface area (Å²) in [5, 5.41) is 43.4. The van der Waals surface area contributed by atoms with E-state index in [1.807, 2.05) is 33.8 Å². The van der Waals surface area contributed by atoms with Gasteiger partial charge in [-0.15, -0.1) is 0 Å². The summed E-state index contributed by atoms with van der Waals surface area (Å²) in [6, 6.07) is 0.595. The van der Waals surface area contributed by atoms with Crippen molar-refractivity contribution in [2.24, 2.45) is 11.8 Å². The second kappa shape index (κ2) is 18.0. The normalized spacial score (nSPS) is 34.9. The third-order valence-corrected chi connectivity index (χ3v) is 11.2. The SMILES string of the molecule is CCC(O)C(C)C1OC1CC(C)(O)/C=C/C/C(C)=C1/OC(=O)CC(O)CCC(C)(O)C(OC(=O)N2CCCN(C3CCCC3)CC2)/C=C/C1C. The monoisotopic (exact) mass is 704 g/mol. The molecular formula is C39H64N2O9. The minimum Gasteiger partial charge on any atom is -0.439 e. The third kappa shape index (κ3) is 11.6. The maximum Gasteiger partial charge on any atom is 0.410 e. The van der Waals surface area contributed by atoms with Gasteiger partial charge in [-0.25, -0.2) is 4.79 Å². The number of cyclic esters (lactones) is 1. The molecule has 0 aromatic heterocycles. The van der Waals surface area contributed by atoms with E-state index in [0.717, 1.165) is 25.1 Å². The van der Waals surface area contributed by atoms with E-state index >= 15 is 0 Å². The number of esters is 1. The van der Waals surface area contributed by atoms with Gasteiger partial charge in [-0.2, -0.15) is 0 Å². The number of nitrogens with zero attached hydrogens (tertiary/aromatic N) is 2. The molecule has 4 N–H and O–H groups in total. The molecule has 0 spiro atoms. The number of rotatable bonds is 10. The highest BCUT2D eigenvalue weighted by Crippen LogP contribution is 2.38. The van der Waals surface area contributed by atoms with Gasteiger partial charge in [0.15, 0.2) is 6.10 Å². The lowest BCUT2D eigenvalue weighted by Crippen LogP contribution is -2.46. The van der Waals surface area contributed by atoms with Crippen molar-refractivity contribution in [2.75, 3.05) is 26.2 Å². The molecule has 1 saturated carbocycles. The number of aliphatic hydroxyl groups is 4. The fourth-order valence-electron chi connectivity index (χ4n) is 7.73. The van der Waals surface area contributed by atoms with Gasteiger partial charge in [0.05, 0.1) is 36.4 Å². The number of hydrogen-bond donors (Lipinski definition) is 4. The maximum atomic E-state index is 13.5. The summed E-state index contributed by atoms with van der Waals surface area (Å²) in [5.74, 6) is -0.597. The summed E-state index contributed by atoms with van der Waals surface area (Å²) >= 11 is 0. The Morgan fingerprint density at radius 2 is 1.88 bits per heavy atom. The zero-order valence-corrected chi connectivity index (χ0v) is 31.3. The molecule has 2 saturated heterocycles. The van der Waals surface area contributed by atoms with Crippen molar-refractivity contribution in [3.8, 4) is 0 Å². The second-order valence-corrected chi connectivity index (χ2v) is 15.8. The van der Waals surface area contributed by atoms with Crippen LogP contribution in [0.2, 0.25) is 0 Å². The summed E-state index contributed by atoms with van der Waals surface area (Å²) in [5.41, 5.74) is -1.86. The molecule has 50 heavy (non-hydrogen) atoms. The average Bonchev–Trinajstić information content (AvgIpc) is 3.68. The van der Waals surface area contributed by atoms with Crippen LogP contribution in [-0.4, -0.2) is 116 Å². The summed E-state index contributed by atoms with van der Waals surface area (Å²) in [6.07, 6.45) is 11.1. The molecule has 4 aliphatic rings. The van der Waals surface area contributed by atoms with E-state index < -0.39 is 47.5 Å². The predicted octanol–water partition coefficient (Wildman–Crippen LogP) is 5.01. The largest absolute Gasteiger partial charge is 0.439 e. The number of aliphatic hydroxyl groups excluding tert-OH is 2. The van der Waals surface area contributed by atoms with Gasteiger partial charge < -0.3 is 39.5 Å². The topological polar surface area (TPSA) is 153 Å². The van der Waals surface area contributed by atoms with Crippen molar-refractivity contribution in [1.82, 2.24) is 9.80 Å². The van der Waals surface area contributed by atoms with E-state index in [-0.39, 0.29) is 37.4 Å². The lowest BCUT2D eigenvalue weighted by molar-refractivity contribution is -0.142. The van der Waals surface area contributed by atoms with Crippen LogP contribution in [0.25, 0.3) is 0 Å². The van der Waals surface area contributed by atoms with E-state index in [2.05, 4.69) is 4.90 Å². The first kappa shape index (κ1) is 40.5. The number of allylic oxidation sites excluding steroid dienone is 3. The molecule has 11 heteroatoms. The lowest BCUT2D eigenvalue weighted by atomic mass is 9.89. The maximum absolute atomic E-state index is 13.5. The molecule has 0 bridgehead atoms. The minimum atomic E-state index is -1.48. The van der Waals surface area contributed by atoms with Crippen LogP contribution < -0.4 is 0 Å². The van der Waals surface area contributed by atoms with Gasteiger partial charge in [0.2, 0.25) is 0 Å². The average molecular weight is 705 g/mol. The Kier molecular flexibility index (Phi) is 14.6. The Morgan fingerprint density at radius 3 is 2.58 bits per heavy atom. The molecule has 284 valence electrons. The Labute approximate surface area is 299 Å². The second-order valence-electron chi connectivity index (χ2n) is 15.8. The van der Waals surface area contributed by atoms with E-state index in [0.29, 0.717) is 44.2 Å². The van der Waals surface area contributed by atoms with Crippen LogP contribution >= 0.6 is 0 Å². The summed E-state index contributed by atoms with van der Waals surface area (Å²) in [7, 11) is 0. The quantitative estimate of drug-likeness (QED) is 0.139. The molecule has 1 amide bonds. The van der Waals surface area contributed by atoms with Crippen LogP contribution in [0, 0.1) is 11.8 Å². The van der Waals surface area contributed by atoms with Crippen LogP contribution in [0.4, 0.5) is 4.79 Å². The van der Waals surface area contributed by atoms with Crippen molar-refractivity contribution in [3.05, 3.63) is 35.6 Å². The summed E-state index contributed by atoms with van der Waals surface area (Å²) in [6.45, 7) is 13.9. The number of amides is 1. The van der Waals surface area contributed by atoms with Crippen molar-refractivity contribution in [2.45, 2.75) is 160 Å². The van der Waals surface area contributed by atoms with Crippen molar-refractivity contribution < 1.29 is 44.2 Å². The van der Waals surface area contributed by atoms with E-state index in [4.69, 9.17) is 14.2 Å². The molecule has 3 heterocycles. The third-order valence-electron chi connectivity index (χ3n) is 11.2. The Bertz CT molecular complexity index is 1220. The number of ether oxygens (including phenoxy) is 3. The highest BCUT2D eigenvalue weighted by atomic mass is 16.6. The van der Waals surface area contributed by atoms with Gasteiger partial charge in [0.25, 0.3) is 0 Å². The molecule has 9 atom stereocenters. The Hall–Kier alpha value is -2.28. The van der Waals surface area contributed by atoms with Gasteiger partial charge in [-0.3, -0.25) is 9.69 Å². The number of carbonyl (C=O) groups is 2. The van der Waals surface area contributed by atoms with Crippen LogP contribution in [0.5, 0.6) is 0 Å². The van der Waals surface area contributed by atoms with Crippen molar-refractivity contribution in [1.29, 1.82) is 0 Å². The zero-order chi connectivity index (χ0) is 36.6. The molecule has 9 unspecified atom stereocenters. The van der Waals surface area contributed by atoms with Gasteiger partial charge in [-0.1, -0.05) is 51.8 Å². The Morgan fingerprint density at radius 1 is 1.16 bits per heavy atom. The molecule has 0 aromatic rings. The number of epoxide rings is 1. The van der Waals surface area contributed by atoms with Crippen molar-refractivity contribution in [3.63, 3.8) is 0 Å². The van der Waals surface area contributed by atoms with Gasteiger partial charge in [0.1, 0.15) is 11.4 Å². The molecule has 11 nitrogen and oxygen atoms in total. The van der Waals surface area contributed by atoms with Gasteiger partial charge >= 0.3 is 12.1 Å². The minimum absolute atomic E-state index is 0.00559. The number of hydrogen-bond acceptors (Lipinski definition) is 10. The molecule has 3 aliphatic heterocycles. The molecule has 0 radical (unpaired) electrons. The molecule has 1 aliphatic carbocycles. The smallest absolute Gasteiger partial charge is 0.410 e. The van der Waals surface area contributed by atoms with Crippen LogP contribution in [0.1, 0.15) is 112 Å². The first-order valence-corrected chi connectivity index (χ1v) is 19.0. The van der Waals surface area contributed by atoms with Crippen molar-refractivity contribution >= 4 is 12.1 Å². The first-order valence-electron chi connectivity index (χ1n) is 19.0. The molecule has 3 fully saturated rings. The van der Waals surface area contributed by atoms with E-state index in [1.165, 1.54) is 25.7 Å². The first-order chi connectivity index (χ1) is 23.6. The number of carbonyl (C=O) groups excluding carboxylic acids is 2. The fraction of sp³-hybridized carbons (Fsp3) is 0.795. The summed E-state index contributed by atoms with van der Waals surface area (Å²) < 4.78 is 17.6. The van der Waals surface area contributed by atoms with Crippen LogP contribution in [-0.2, 0) is 19.0 Å². The van der Waals surface area contributed by atoms with Gasteiger partial charge in [0, 0.05) is 50.5 Å². The highest BCUT2D eigenvalue weighted by Gasteiger charge is 2.47. The molecule has 4 rings (SSSR count). The molecular weight excluding hydrogens is 640 g/mol. The highest BCUT2D eigenvalue weighted by molar-refractivity contribution is 5.71. The summed E-state index contributed by atoms with van der Waals surface area (Å²) in [4.78, 5) is 30.6. The molecule has 0 aromatic carbocycles. The Balaban J connectivity index is 1.44. The standard InChI is InChI=1S/C39H64N2O9/c1-7-31(43)28(4)36-32(48-36)25-38(5,46)18-10-12-26(2)35-27(3)15-16-33(39(6,47)19-17-30(42)24-34(44)50-35)49-37(45)41-21-11-20-40(22-23-41)29-13-8-9-14-29/h10,15-16,18,27-33,36,42-43,46-47H,7-9,11-14,17,19-25H2,1-6H3/b16-15+,18-10+,35-26+.